The highest BCUT2D eigenvalue weighted by molar-refractivity contribution is 8.00. The molecule has 1 aromatic heterocycles. The molecule has 4 rings (SSSR count). The van der Waals surface area contributed by atoms with Crippen LogP contribution in [0, 0.1) is 0 Å². The van der Waals surface area contributed by atoms with Gasteiger partial charge in [0.2, 0.25) is 5.91 Å². The van der Waals surface area contributed by atoms with Gasteiger partial charge in [-0.2, -0.15) is 0 Å². The van der Waals surface area contributed by atoms with Crippen molar-refractivity contribution in [2.75, 3.05) is 11.1 Å². The topological polar surface area (TPSA) is 73.2 Å². The highest BCUT2D eigenvalue weighted by Gasteiger charge is 2.31. The number of hydrogen-bond acceptors (Lipinski definition) is 6. The van der Waals surface area contributed by atoms with Crippen molar-refractivity contribution >= 4 is 35.1 Å². The van der Waals surface area contributed by atoms with Crippen LogP contribution in [-0.4, -0.2) is 32.8 Å². The number of nitrogens with zero attached hydrogens (tertiary/aromatic N) is 2. The Morgan fingerprint density at radius 3 is 2.60 bits per heavy atom. The van der Waals surface area contributed by atoms with Crippen molar-refractivity contribution < 1.29 is 22.7 Å². The van der Waals surface area contributed by atoms with Crippen molar-refractivity contribution in [3.05, 3.63) is 76.2 Å². The number of hydrogen-bond donors (Lipinski definition) is 1. The SMILES string of the molecule is C[C@H]1Cc2nc(SCC(=O)Nc3ccc(OC(F)(F)F)cc3)n(CCc3ccccc3)c(=O)c2S1. The summed E-state index contributed by atoms with van der Waals surface area (Å²) in [5, 5.41) is 3.38. The number of benzene rings is 2. The molecule has 0 saturated carbocycles. The van der Waals surface area contributed by atoms with Crippen molar-refractivity contribution in [3.8, 4) is 5.75 Å². The van der Waals surface area contributed by atoms with Gasteiger partial charge in [0.05, 0.1) is 16.3 Å². The molecule has 0 unspecified atom stereocenters. The molecule has 1 N–H and O–H groups in total. The lowest BCUT2D eigenvalue weighted by Gasteiger charge is -2.14. The summed E-state index contributed by atoms with van der Waals surface area (Å²) in [6, 6.07) is 14.7. The largest absolute Gasteiger partial charge is 0.573 e. The molecular formula is C24H22F3N3O3S2. The van der Waals surface area contributed by atoms with Crippen LogP contribution < -0.4 is 15.6 Å². The van der Waals surface area contributed by atoms with Gasteiger partial charge in [0.15, 0.2) is 5.16 Å². The molecule has 2 heterocycles. The van der Waals surface area contributed by atoms with E-state index >= 15 is 0 Å². The van der Waals surface area contributed by atoms with E-state index in [-0.39, 0.29) is 28.2 Å². The monoisotopic (exact) mass is 521 g/mol. The molecule has 0 saturated heterocycles. The highest BCUT2D eigenvalue weighted by atomic mass is 32.2. The van der Waals surface area contributed by atoms with E-state index in [2.05, 4.69) is 10.1 Å². The maximum atomic E-state index is 13.2. The summed E-state index contributed by atoms with van der Waals surface area (Å²) >= 11 is 2.69. The Bertz CT molecular complexity index is 1250. The predicted octanol–water partition coefficient (Wildman–Crippen LogP) is 5.15. The molecule has 1 aliphatic heterocycles. The Balaban J connectivity index is 1.45. The van der Waals surface area contributed by atoms with Crippen molar-refractivity contribution in [1.29, 1.82) is 0 Å². The predicted molar refractivity (Wildman–Crippen MR) is 130 cm³/mol. The molecule has 0 fully saturated rings. The summed E-state index contributed by atoms with van der Waals surface area (Å²) in [4.78, 5) is 31.1. The number of aryl methyl sites for hydroxylation is 1. The van der Waals surface area contributed by atoms with Gasteiger partial charge in [-0.05, 0) is 36.2 Å². The third-order valence-electron chi connectivity index (χ3n) is 5.13. The molecule has 1 aliphatic rings. The van der Waals surface area contributed by atoms with E-state index < -0.39 is 6.36 Å². The second kappa shape index (κ2) is 10.8. The molecule has 0 radical (unpaired) electrons. The lowest BCUT2D eigenvalue weighted by molar-refractivity contribution is -0.274. The number of nitrogens with one attached hydrogen (secondary N) is 1. The Hall–Kier alpha value is -2.92. The van der Waals surface area contributed by atoms with E-state index in [9.17, 15) is 22.8 Å². The van der Waals surface area contributed by atoms with Crippen LogP contribution >= 0.6 is 23.5 Å². The van der Waals surface area contributed by atoms with Gasteiger partial charge in [-0.1, -0.05) is 49.0 Å². The molecular weight excluding hydrogens is 499 g/mol. The van der Waals surface area contributed by atoms with Crippen molar-refractivity contribution in [2.24, 2.45) is 0 Å². The number of amides is 1. The average Bonchev–Trinajstić information content (AvgIpc) is 3.19. The fraction of sp³-hybridized carbons (Fsp3) is 0.292. The molecule has 0 bridgehead atoms. The van der Waals surface area contributed by atoms with Crippen LogP contribution in [0.4, 0.5) is 18.9 Å². The molecule has 184 valence electrons. The number of carbonyl (C=O) groups excluding carboxylic acids is 1. The van der Waals surface area contributed by atoms with E-state index in [1.165, 1.54) is 23.9 Å². The zero-order chi connectivity index (χ0) is 25.0. The first-order chi connectivity index (χ1) is 16.7. The minimum absolute atomic E-state index is 0.0138. The van der Waals surface area contributed by atoms with Gasteiger partial charge in [-0.3, -0.25) is 14.2 Å². The second-order valence-corrected chi connectivity index (χ2v) is 10.3. The molecule has 0 spiro atoms. The standard InChI is InChI=1S/C24H22F3N3O3S2/c1-15-13-19-21(35-15)22(32)30(12-11-16-5-3-2-4-6-16)23(29-19)34-14-20(31)28-17-7-9-18(10-8-17)33-24(25,26)27/h2-10,15H,11-14H2,1H3,(H,28,31)/t15-/m0/s1. The summed E-state index contributed by atoms with van der Waals surface area (Å²) in [7, 11) is 0. The number of ether oxygens (including phenoxy) is 1. The molecule has 35 heavy (non-hydrogen) atoms. The maximum absolute atomic E-state index is 13.2. The third kappa shape index (κ3) is 6.82. The molecule has 3 aromatic rings. The Labute approximate surface area is 208 Å². The molecule has 0 aliphatic carbocycles. The zero-order valence-electron chi connectivity index (χ0n) is 18.7. The van der Waals surface area contributed by atoms with Gasteiger partial charge in [-0.15, -0.1) is 24.9 Å². The van der Waals surface area contributed by atoms with Gasteiger partial charge >= 0.3 is 6.36 Å². The number of thioether (sulfide) groups is 2. The lowest BCUT2D eigenvalue weighted by Crippen LogP contribution is -2.27. The summed E-state index contributed by atoms with van der Waals surface area (Å²) in [6.07, 6.45) is -3.44. The normalized spacial score (nSPS) is 15.0. The number of rotatable bonds is 8. The number of halogens is 3. The molecule has 11 heteroatoms. The minimum atomic E-state index is -4.78. The average molecular weight is 522 g/mol. The first-order valence-corrected chi connectivity index (χ1v) is 12.7. The third-order valence-corrected chi connectivity index (χ3v) is 7.33. The first kappa shape index (κ1) is 25.2. The van der Waals surface area contributed by atoms with Crippen molar-refractivity contribution in [1.82, 2.24) is 9.55 Å². The van der Waals surface area contributed by atoms with Crippen LogP contribution in [0.5, 0.6) is 5.75 Å². The second-order valence-electron chi connectivity index (χ2n) is 7.90. The van der Waals surface area contributed by atoms with Crippen LogP contribution in [0.2, 0.25) is 0 Å². The van der Waals surface area contributed by atoms with Crippen LogP contribution in [0.3, 0.4) is 0 Å². The quantitative estimate of drug-likeness (QED) is 0.327. The molecule has 1 atom stereocenters. The summed E-state index contributed by atoms with van der Waals surface area (Å²) in [6.45, 7) is 2.48. The highest BCUT2D eigenvalue weighted by Crippen LogP contribution is 2.34. The smallest absolute Gasteiger partial charge is 0.406 e. The number of alkyl halides is 3. The Kier molecular flexibility index (Phi) is 7.75. The molecule has 1 amide bonds. The van der Waals surface area contributed by atoms with E-state index in [4.69, 9.17) is 4.98 Å². The fourth-order valence-corrected chi connectivity index (χ4v) is 5.55. The van der Waals surface area contributed by atoms with Crippen LogP contribution in [0.15, 0.2) is 69.4 Å². The van der Waals surface area contributed by atoms with Crippen molar-refractivity contribution in [3.63, 3.8) is 0 Å². The number of aromatic nitrogens is 2. The van der Waals surface area contributed by atoms with Crippen molar-refractivity contribution in [2.45, 2.75) is 48.0 Å². The minimum Gasteiger partial charge on any atom is -0.406 e. The number of anilines is 1. The Morgan fingerprint density at radius 1 is 1.20 bits per heavy atom. The number of carbonyl (C=O) groups is 1. The summed E-state index contributed by atoms with van der Waals surface area (Å²) < 4.78 is 42.4. The molecule has 6 nitrogen and oxygen atoms in total. The Morgan fingerprint density at radius 2 is 1.91 bits per heavy atom. The van der Waals surface area contributed by atoms with Gasteiger partial charge in [-0.25, -0.2) is 4.98 Å². The van der Waals surface area contributed by atoms with Gasteiger partial charge in [0, 0.05) is 23.9 Å². The maximum Gasteiger partial charge on any atom is 0.573 e. The van der Waals surface area contributed by atoms with E-state index in [1.54, 1.807) is 4.57 Å². The van der Waals surface area contributed by atoms with Crippen LogP contribution in [0.25, 0.3) is 0 Å². The first-order valence-electron chi connectivity index (χ1n) is 10.8. The van der Waals surface area contributed by atoms with E-state index in [1.807, 2.05) is 37.3 Å². The van der Waals surface area contributed by atoms with E-state index in [0.29, 0.717) is 35.1 Å². The van der Waals surface area contributed by atoms with E-state index in [0.717, 1.165) is 35.2 Å². The lowest BCUT2D eigenvalue weighted by atomic mass is 10.1. The summed E-state index contributed by atoms with van der Waals surface area (Å²) in [5.41, 5.74) is 2.08. The number of fused-ring (bicyclic) bond motifs is 1. The summed E-state index contributed by atoms with van der Waals surface area (Å²) in [5.74, 6) is -0.756. The van der Waals surface area contributed by atoms with Crippen LogP contribution in [0.1, 0.15) is 18.2 Å². The van der Waals surface area contributed by atoms with Gasteiger partial charge in [0.1, 0.15) is 5.75 Å². The van der Waals surface area contributed by atoms with Crippen LogP contribution in [-0.2, 0) is 24.2 Å². The van der Waals surface area contributed by atoms with Gasteiger partial charge < -0.3 is 10.1 Å². The molecule has 2 aromatic carbocycles. The van der Waals surface area contributed by atoms with Gasteiger partial charge in [0.25, 0.3) is 5.56 Å². The zero-order valence-corrected chi connectivity index (χ0v) is 20.3. The fourth-order valence-electron chi connectivity index (χ4n) is 3.59.